The van der Waals surface area contributed by atoms with Crippen LogP contribution < -0.4 is 0 Å². The molecule has 4 N–H and O–H groups in total. The second kappa shape index (κ2) is 8.86. The van der Waals surface area contributed by atoms with E-state index >= 15 is 0 Å². The van der Waals surface area contributed by atoms with Gasteiger partial charge >= 0.3 is 0 Å². The van der Waals surface area contributed by atoms with Crippen LogP contribution in [0.1, 0.15) is 71.6 Å². The van der Waals surface area contributed by atoms with Gasteiger partial charge in [-0.25, -0.2) is 0 Å². The summed E-state index contributed by atoms with van der Waals surface area (Å²) in [6.07, 6.45) is 5.97. The minimum atomic E-state index is -1.15. The molecule has 8 rings (SSSR count). The summed E-state index contributed by atoms with van der Waals surface area (Å²) in [5.41, 5.74) is -1.64. The van der Waals surface area contributed by atoms with Gasteiger partial charge in [0.25, 0.3) is 5.91 Å². The Kier molecular flexibility index (Phi) is 6.10. The topological polar surface area (TPSA) is 120 Å². The summed E-state index contributed by atoms with van der Waals surface area (Å²) in [5.74, 6) is 3.45. The molecule has 8 heteroatoms. The monoisotopic (exact) mass is 533 g/mol. The van der Waals surface area contributed by atoms with Gasteiger partial charge in [0, 0.05) is 29.5 Å². The number of aliphatic hydroxyl groups excluding tert-OH is 3. The van der Waals surface area contributed by atoms with Crippen LogP contribution in [0.3, 0.4) is 0 Å². The Morgan fingerprint density at radius 3 is 2.58 bits per heavy atom. The van der Waals surface area contributed by atoms with Gasteiger partial charge < -0.3 is 34.8 Å². The summed E-state index contributed by atoms with van der Waals surface area (Å²) in [5, 5.41) is 42.3. The van der Waals surface area contributed by atoms with Crippen molar-refractivity contribution in [2.45, 2.75) is 107 Å². The molecule has 8 fully saturated rings. The highest BCUT2D eigenvalue weighted by Gasteiger charge is 2.86. The molecule has 5 saturated carbocycles. The zero-order valence-electron chi connectivity index (χ0n) is 23.0. The van der Waals surface area contributed by atoms with Crippen molar-refractivity contribution in [3.8, 4) is 0 Å². The molecule has 0 aromatic heterocycles. The minimum Gasteiger partial charge on any atom is -0.394 e. The van der Waals surface area contributed by atoms with Gasteiger partial charge in [0.1, 0.15) is 12.2 Å². The van der Waals surface area contributed by atoms with E-state index < -0.39 is 17.8 Å². The average Bonchev–Trinajstić information content (AvgIpc) is 3.83. The van der Waals surface area contributed by atoms with Gasteiger partial charge in [0.05, 0.1) is 31.5 Å². The van der Waals surface area contributed by atoms with Gasteiger partial charge in [-0.05, 0) is 100 Å². The largest absolute Gasteiger partial charge is 0.394 e. The van der Waals surface area contributed by atoms with Gasteiger partial charge in [0.2, 0.25) is 0 Å². The van der Waals surface area contributed by atoms with Crippen molar-refractivity contribution in [1.29, 1.82) is 0 Å². The maximum absolute atomic E-state index is 13.9. The van der Waals surface area contributed by atoms with Crippen LogP contribution in [0.4, 0.5) is 0 Å². The van der Waals surface area contributed by atoms with Crippen LogP contribution in [0.15, 0.2) is 0 Å². The number of piperidine rings is 2. The fraction of sp³-hybridized carbons (Fsp3) is 0.967. The van der Waals surface area contributed by atoms with Crippen molar-refractivity contribution in [3.05, 3.63) is 0 Å². The number of carbonyl (C=O) groups is 1. The number of ether oxygens (including phenoxy) is 2. The lowest BCUT2D eigenvalue weighted by Crippen LogP contribution is -2.73. The van der Waals surface area contributed by atoms with Gasteiger partial charge in [-0.3, -0.25) is 4.79 Å². The van der Waals surface area contributed by atoms with Crippen molar-refractivity contribution < 1.29 is 34.7 Å². The lowest BCUT2D eigenvalue weighted by atomic mass is 9.41. The molecule has 0 aromatic rings. The molecular formula is C30H47NO7. The SMILES string of the molecule is C[C@]12CCC3[C@@H](CC[C@@]4(O)[C@@H](O)[C@@H](COC[C@H](O)CO)CC[C@]34C)C1C1C3C1C3N2C(=O)[C@H]1CCCCO1. The number of fused-ring (bicyclic) bond motifs is 3. The zero-order valence-corrected chi connectivity index (χ0v) is 23.0. The lowest BCUT2D eigenvalue weighted by Gasteiger charge is -2.68. The third-order valence-corrected chi connectivity index (χ3v) is 12.9. The first-order valence-corrected chi connectivity index (χ1v) is 15.4. The average molecular weight is 534 g/mol. The smallest absolute Gasteiger partial charge is 0.252 e. The lowest BCUT2D eigenvalue weighted by molar-refractivity contribution is -0.270. The Labute approximate surface area is 226 Å². The van der Waals surface area contributed by atoms with E-state index in [-0.39, 0.29) is 48.7 Å². The van der Waals surface area contributed by atoms with Crippen LogP contribution in [-0.2, 0) is 14.3 Å². The quantitative estimate of drug-likeness (QED) is 0.410. The minimum absolute atomic E-state index is 0.0339. The second-order valence-corrected chi connectivity index (χ2v) is 14.5. The highest BCUT2D eigenvalue weighted by Crippen LogP contribution is 2.82. The van der Waals surface area contributed by atoms with Crippen LogP contribution in [0.2, 0.25) is 0 Å². The number of carbonyl (C=O) groups excluding carboxylic acids is 1. The number of hydrogen-bond acceptors (Lipinski definition) is 7. The van der Waals surface area contributed by atoms with Crippen LogP contribution in [0.25, 0.3) is 0 Å². The Bertz CT molecular complexity index is 947. The molecule has 38 heavy (non-hydrogen) atoms. The van der Waals surface area contributed by atoms with Crippen LogP contribution >= 0.6 is 0 Å². The molecule has 3 aliphatic heterocycles. The second-order valence-electron chi connectivity index (χ2n) is 14.5. The van der Waals surface area contributed by atoms with E-state index in [1.807, 2.05) is 0 Å². The first kappa shape index (κ1) is 26.1. The summed E-state index contributed by atoms with van der Waals surface area (Å²) in [7, 11) is 0. The maximum atomic E-state index is 13.9. The van der Waals surface area contributed by atoms with E-state index in [0.717, 1.165) is 57.3 Å². The van der Waals surface area contributed by atoms with E-state index in [0.29, 0.717) is 48.7 Å². The number of rotatable bonds is 6. The van der Waals surface area contributed by atoms with Gasteiger partial charge in [0.15, 0.2) is 0 Å². The van der Waals surface area contributed by atoms with Gasteiger partial charge in [-0.2, -0.15) is 0 Å². The molecule has 0 radical (unpaired) electrons. The van der Waals surface area contributed by atoms with Crippen LogP contribution in [-0.4, -0.2) is 93.2 Å². The van der Waals surface area contributed by atoms with Crippen molar-refractivity contribution in [2.75, 3.05) is 26.4 Å². The highest BCUT2D eigenvalue weighted by atomic mass is 16.5. The Balaban J connectivity index is 1.11. The Hall–Kier alpha value is -0.770. The normalized spacial score (nSPS) is 55.2. The molecule has 3 saturated heterocycles. The van der Waals surface area contributed by atoms with E-state index in [2.05, 4.69) is 18.7 Å². The van der Waals surface area contributed by atoms with E-state index in [9.17, 15) is 20.1 Å². The summed E-state index contributed by atoms with van der Waals surface area (Å²) < 4.78 is 11.6. The van der Waals surface area contributed by atoms with E-state index in [1.165, 1.54) is 0 Å². The summed E-state index contributed by atoms with van der Waals surface area (Å²) in [4.78, 5) is 16.2. The van der Waals surface area contributed by atoms with Crippen LogP contribution in [0, 0.1) is 46.8 Å². The molecule has 5 aliphatic carbocycles. The zero-order chi connectivity index (χ0) is 26.6. The molecule has 8 aliphatic rings. The fourth-order valence-corrected chi connectivity index (χ4v) is 10.9. The number of nitrogens with zero attached hydrogens (tertiary/aromatic N) is 1. The molecule has 3 heterocycles. The molecule has 0 aromatic carbocycles. The maximum Gasteiger partial charge on any atom is 0.252 e. The van der Waals surface area contributed by atoms with Crippen molar-refractivity contribution >= 4 is 5.91 Å². The molecule has 214 valence electrons. The standard InChI is InChI=1S/C30H47NO7/c1-28-9-6-16(14-37-15-17(33)13-32)26(34)30(28,36)11-7-18-19(28)8-10-29(2)24(18)21-22-23(21)25(22)31(29)27(35)20-5-3-4-12-38-20/h16-26,32-34,36H,3-15H2,1-2H3/t16-,17-,18-,19?,20-,21?,22?,23?,24?,25?,26+,28-,29+,30-/m1/s1. The number of hydrogen-bond donors (Lipinski definition) is 4. The highest BCUT2D eigenvalue weighted by molar-refractivity contribution is 5.83. The van der Waals surface area contributed by atoms with Gasteiger partial charge in [-0.1, -0.05) is 6.92 Å². The molecule has 1 amide bonds. The predicted molar refractivity (Wildman–Crippen MR) is 138 cm³/mol. The number of amides is 1. The third-order valence-electron chi connectivity index (χ3n) is 12.9. The molecule has 2 bridgehead atoms. The van der Waals surface area contributed by atoms with Crippen molar-refractivity contribution in [3.63, 3.8) is 0 Å². The summed E-state index contributed by atoms with van der Waals surface area (Å²) >= 11 is 0. The Morgan fingerprint density at radius 2 is 1.87 bits per heavy atom. The first-order chi connectivity index (χ1) is 18.2. The van der Waals surface area contributed by atoms with Crippen molar-refractivity contribution in [1.82, 2.24) is 4.90 Å². The molecule has 8 nitrogen and oxygen atoms in total. The Morgan fingerprint density at radius 1 is 1.08 bits per heavy atom. The van der Waals surface area contributed by atoms with Crippen molar-refractivity contribution in [2.24, 2.45) is 46.8 Å². The molecule has 0 spiro atoms. The van der Waals surface area contributed by atoms with E-state index in [1.54, 1.807) is 0 Å². The number of aliphatic hydroxyl groups is 4. The first-order valence-electron chi connectivity index (χ1n) is 15.4. The molecule has 4 unspecified atom stereocenters. The predicted octanol–water partition coefficient (Wildman–Crippen LogP) is 1.72. The van der Waals surface area contributed by atoms with E-state index in [4.69, 9.17) is 14.6 Å². The third kappa shape index (κ3) is 3.40. The summed E-state index contributed by atoms with van der Waals surface area (Å²) in [6, 6.07) is 0.438. The molecular weight excluding hydrogens is 486 g/mol. The fourth-order valence-electron chi connectivity index (χ4n) is 10.9. The molecule has 12 atom stereocenters. The van der Waals surface area contributed by atoms with Gasteiger partial charge in [-0.15, -0.1) is 0 Å². The summed E-state index contributed by atoms with van der Waals surface area (Å²) in [6.45, 7) is 5.24. The van der Waals surface area contributed by atoms with Crippen LogP contribution in [0.5, 0.6) is 0 Å².